The second-order valence-corrected chi connectivity index (χ2v) is 9.73. The molecule has 1 aliphatic heterocycles. The molecule has 0 bridgehead atoms. The van der Waals surface area contributed by atoms with E-state index in [1.165, 1.54) is 28.6 Å². The summed E-state index contributed by atoms with van der Waals surface area (Å²) in [7, 11) is -3.77. The Labute approximate surface area is 199 Å². The van der Waals surface area contributed by atoms with Crippen LogP contribution >= 0.6 is 11.6 Å². The van der Waals surface area contributed by atoms with Crippen LogP contribution in [0.5, 0.6) is 5.75 Å². The molecule has 1 amide bonds. The Balaban J connectivity index is 1.40. The Morgan fingerprint density at radius 1 is 1.06 bits per heavy atom. The molecule has 11 heteroatoms. The fourth-order valence-electron chi connectivity index (χ4n) is 3.53. The highest BCUT2D eigenvalue weighted by Crippen LogP contribution is 2.34. The molecule has 3 aromatic carbocycles. The van der Waals surface area contributed by atoms with Gasteiger partial charge in [0.25, 0.3) is 15.9 Å². The van der Waals surface area contributed by atoms with Crippen LogP contribution in [0, 0.1) is 0 Å². The summed E-state index contributed by atoms with van der Waals surface area (Å²) in [4.78, 5) is 12.2. The number of nitrogens with zero attached hydrogens (tertiary/aromatic N) is 1. The van der Waals surface area contributed by atoms with Crippen molar-refractivity contribution in [2.75, 3.05) is 22.8 Å². The van der Waals surface area contributed by atoms with Crippen LogP contribution in [-0.2, 0) is 27.4 Å². The van der Waals surface area contributed by atoms with E-state index >= 15 is 0 Å². The van der Waals surface area contributed by atoms with E-state index < -0.39 is 34.3 Å². The normalized spacial score (nSPS) is 13.5. The third-order valence-corrected chi connectivity index (χ3v) is 7.35. The number of anilines is 2. The second kappa shape index (κ2) is 9.19. The largest absolute Gasteiger partial charge is 0.484 e. The van der Waals surface area contributed by atoms with Crippen LogP contribution in [0.1, 0.15) is 11.1 Å². The van der Waals surface area contributed by atoms with Gasteiger partial charge in [-0.15, -0.1) is 0 Å². The van der Waals surface area contributed by atoms with Gasteiger partial charge in [0, 0.05) is 6.54 Å². The average Bonchev–Trinajstić information content (AvgIpc) is 3.24. The van der Waals surface area contributed by atoms with E-state index in [9.17, 15) is 26.4 Å². The second-order valence-electron chi connectivity index (χ2n) is 7.46. The number of alkyl halides is 3. The maximum absolute atomic E-state index is 13.0. The average molecular weight is 511 g/mol. The van der Waals surface area contributed by atoms with Crippen molar-refractivity contribution in [3.63, 3.8) is 0 Å². The number of amides is 1. The van der Waals surface area contributed by atoms with E-state index in [4.69, 9.17) is 16.3 Å². The van der Waals surface area contributed by atoms with Crippen molar-refractivity contribution in [1.29, 1.82) is 0 Å². The molecule has 1 N–H and O–H groups in total. The number of carbonyl (C=O) groups is 1. The standard InChI is InChI=1S/C23H18ClF3N2O4S/c24-19-10-5-16(23(25,26)27)13-20(19)28-22(30)14-33-17-6-8-18(9-7-17)34(31,32)29-12-11-15-3-1-2-4-21(15)29/h1-10,13H,11-12,14H2,(H,28,30). The summed E-state index contributed by atoms with van der Waals surface area (Å²) < 4.78 is 71.4. The first-order valence-corrected chi connectivity index (χ1v) is 11.9. The van der Waals surface area contributed by atoms with E-state index in [2.05, 4.69) is 5.32 Å². The van der Waals surface area contributed by atoms with Gasteiger partial charge in [-0.1, -0.05) is 29.8 Å². The van der Waals surface area contributed by atoms with Crippen molar-refractivity contribution in [3.05, 3.63) is 82.9 Å². The van der Waals surface area contributed by atoms with Crippen molar-refractivity contribution in [2.24, 2.45) is 0 Å². The highest BCUT2D eigenvalue weighted by molar-refractivity contribution is 7.92. The van der Waals surface area contributed by atoms with E-state index in [0.717, 1.165) is 23.8 Å². The Bertz CT molecular complexity index is 1330. The Hall–Kier alpha value is -3.24. The summed E-state index contributed by atoms with van der Waals surface area (Å²) in [6.07, 6.45) is -3.96. The molecule has 1 aliphatic rings. The van der Waals surface area contributed by atoms with Crippen LogP contribution in [-0.4, -0.2) is 27.5 Å². The lowest BCUT2D eigenvalue weighted by molar-refractivity contribution is -0.137. The summed E-state index contributed by atoms with van der Waals surface area (Å²) in [5.41, 5.74) is 0.452. The molecule has 1 heterocycles. The van der Waals surface area contributed by atoms with Gasteiger partial charge >= 0.3 is 6.18 Å². The molecule has 0 aromatic heterocycles. The zero-order valence-electron chi connectivity index (χ0n) is 17.5. The Morgan fingerprint density at radius 3 is 2.47 bits per heavy atom. The minimum atomic E-state index is -4.58. The van der Waals surface area contributed by atoms with Crippen LogP contribution < -0.4 is 14.4 Å². The molecule has 0 saturated carbocycles. The van der Waals surface area contributed by atoms with Crippen LogP contribution in [0.15, 0.2) is 71.6 Å². The highest BCUT2D eigenvalue weighted by atomic mass is 35.5. The smallest absolute Gasteiger partial charge is 0.416 e. The van der Waals surface area contributed by atoms with Crippen molar-refractivity contribution >= 4 is 38.9 Å². The zero-order chi connectivity index (χ0) is 24.5. The molecule has 4 rings (SSSR count). The van der Waals surface area contributed by atoms with E-state index in [1.54, 1.807) is 12.1 Å². The van der Waals surface area contributed by atoms with Crippen molar-refractivity contribution < 1.29 is 31.1 Å². The van der Waals surface area contributed by atoms with Gasteiger partial charge in [-0.05, 0) is 60.5 Å². The van der Waals surface area contributed by atoms with Gasteiger partial charge in [-0.3, -0.25) is 9.10 Å². The molecule has 0 spiro atoms. The van der Waals surface area contributed by atoms with Crippen molar-refractivity contribution in [3.8, 4) is 5.75 Å². The molecule has 0 aliphatic carbocycles. The number of benzene rings is 3. The summed E-state index contributed by atoms with van der Waals surface area (Å²) >= 11 is 5.87. The number of ether oxygens (including phenoxy) is 1. The van der Waals surface area contributed by atoms with Crippen LogP contribution in [0.2, 0.25) is 5.02 Å². The molecule has 34 heavy (non-hydrogen) atoms. The quantitative estimate of drug-likeness (QED) is 0.499. The van der Waals surface area contributed by atoms with Gasteiger partial charge in [-0.25, -0.2) is 8.42 Å². The maximum atomic E-state index is 13.0. The third kappa shape index (κ3) is 4.97. The predicted molar refractivity (Wildman–Crippen MR) is 122 cm³/mol. The van der Waals surface area contributed by atoms with Crippen LogP contribution in [0.25, 0.3) is 0 Å². The zero-order valence-corrected chi connectivity index (χ0v) is 19.0. The fraction of sp³-hybridized carbons (Fsp3) is 0.174. The third-order valence-electron chi connectivity index (χ3n) is 5.19. The first-order chi connectivity index (χ1) is 16.1. The fourth-order valence-corrected chi connectivity index (χ4v) is 5.19. The first kappa shape index (κ1) is 23.9. The molecule has 6 nitrogen and oxygen atoms in total. The molecule has 178 valence electrons. The summed E-state index contributed by atoms with van der Waals surface area (Å²) in [5, 5.41) is 2.22. The lowest BCUT2D eigenvalue weighted by Crippen LogP contribution is -2.29. The number of carbonyl (C=O) groups excluding carboxylic acids is 1. The lowest BCUT2D eigenvalue weighted by Gasteiger charge is -2.19. The van der Waals surface area contributed by atoms with E-state index in [-0.39, 0.29) is 21.4 Å². The number of nitrogens with one attached hydrogen (secondary N) is 1. The van der Waals surface area contributed by atoms with Gasteiger partial charge in [0.15, 0.2) is 6.61 Å². The number of sulfonamides is 1. The van der Waals surface area contributed by atoms with Crippen molar-refractivity contribution in [2.45, 2.75) is 17.5 Å². The van der Waals surface area contributed by atoms with E-state index in [0.29, 0.717) is 18.7 Å². The number of halogens is 4. The molecule has 0 unspecified atom stereocenters. The summed E-state index contributed by atoms with van der Waals surface area (Å²) in [6.45, 7) is -0.170. The predicted octanol–water partition coefficient (Wildman–Crippen LogP) is 5.13. The van der Waals surface area contributed by atoms with Gasteiger partial charge in [0.2, 0.25) is 0 Å². The molecule has 3 aromatic rings. The lowest BCUT2D eigenvalue weighted by atomic mass is 10.2. The summed E-state index contributed by atoms with van der Waals surface area (Å²) in [6, 6.07) is 15.4. The first-order valence-electron chi connectivity index (χ1n) is 10.1. The number of para-hydroxylation sites is 1. The summed E-state index contributed by atoms with van der Waals surface area (Å²) in [5.74, 6) is -0.516. The molecule has 0 atom stereocenters. The van der Waals surface area contributed by atoms with Crippen LogP contribution in [0.4, 0.5) is 24.5 Å². The number of fused-ring (bicyclic) bond motifs is 1. The SMILES string of the molecule is O=C(COc1ccc(S(=O)(=O)N2CCc3ccccc32)cc1)Nc1cc(C(F)(F)F)ccc1Cl. The Kier molecular flexibility index (Phi) is 6.46. The van der Waals surface area contributed by atoms with E-state index in [1.807, 2.05) is 12.1 Å². The van der Waals surface area contributed by atoms with Gasteiger partial charge in [0.1, 0.15) is 5.75 Å². The minimum absolute atomic E-state index is 0.0561. The molecular formula is C23H18ClF3N2O4S. The molecular weight excluding hydrogens is 493 g/mol. The molecule has 0 radical (unpaired) electrons. The van der Waals surface area contributed by atoms with Gasteiger partial charge in [0.05, 0.1) is 26.9 Å². The minimum Gasteiger partial charge on any atom is -0.484 e. The molecule has 0 saturated heterocycles. The molecule has 0 fully saturated rings. The number of rotatable bonds is 6. The van der Waals surface area contributed by atoms with Gasteiger partial charge < -0.3 is 10.1 Å². The van der Waals surface area contributed by atoms with Crippen LogP contribution in [0.3, 0.4) is 0 Å². The monoisotopic (exact) mass is 510 g/mol. The Morgan fingerprint density at radius 2 is 1.76 bits per heavy atom. The topological polar surface area (TPSA) is 75.7 Å². The van der Waals surface area contributed by atoms with Gasteiger partial charge in [-0.2, -0.15) is 13.2 Å². The highest BCUT2D eigenvalue weighted by Gasteiger charge is 2.32. The number of hydrogen-bond acceptors (Lipinski definition) is 4. The maximum Gasteiger partial charge on any atom is 0.416 e. The number of hydrogen-bond donors (Lipinski definition) is 1. The van der Waals surface area contributed by atoms with Crippen molar-refractivity contribution in [1.82, 2.24) is 0 Å².